The van der Waals surface area contributed by atoms with Crippen molar-refractivity contribution in [2.75, 3.05) is 23.3 Å². The van der Waals surface area contributed by atoms with Crippen molar-refractivity contribution in [3.8, 4) is 22.6 Å². The van der Waals surface area contributed by atoms with Gasteiger partial charge in [0.05, 0.1) is 20.8 Å². The van der Waals surface area contributed by atoms with Gasteiger partial charge in [-0.2, -0.15) is 0 Å². The number of hydrogen-bond donors (Lipinski definition) is 0. The lowest BCUT2D eigenvalue weighted by molar-refractivity contribution is 0.324. The average molecular weight is 746 g/mol. The van der Waals surface area contributed by atoms with Crippen LogP contribution in [0.3, 0.4) is 0 Å². The summed E-state index contributed by atoms with van der Waals surface area (Å²) in [6, 6.07) is 38.4. The number of furan rings is 1. The second-order valence-electron chi connectivity index (χ2n) is 11.5. The van der Waals surface area contributed by atoms with E-state index in [1.54, 1.807) is 11.3 Å². The van der Waals surface area contributed by atoms with Crippen LogP contribution < -0.4 is 19.3 Å². The van der Waals surface area contributed by atoms with E-state index >= 15 is 0 Å². The highest BCUT2D eigenvalue weighted by atomic mass is 79.9. The van der Waals surface area contributed by atoms with Crippen molar-refractivity contribution in [3.05, 3.63) is 118 Å². The van der Waals surface area contributed by atoms with Crippen molar-refractivity contribution in [3.63, 3.8) is 0 Å². The molecule has 2 aromatic heterocycles. The molecule has 0 amide bonds. The molecule has 4 heterocycles. The summed E-state index contributed by atoms with van der Waals surface area (Å²) in [5, 5.41) is 6.76. The lowest BCUT2D eigenvalue weighted by atomic mass is 9.95. The monoisotopic (exact) mass is 744 g/mol. The maximum atomic E-state index is 6.39. The Morgan fingerprint density at radius 1 is 0.609 bits per heavy atom. The fraction of sp³-hybridized carbons (Fsp3) is 0.0526. The van der Waals surface area contributed by atoms with E-state index in [9.17, 15) is 0 Å². The van der Waals surface area contributed by atoms with Crippen LogP contribution >= 0.6 is 43.2 Å². The summed E-state index contributed by atoms with van der Waals surface area (Å²) in [5.41, 5.74) is 7.46. The van der Waals surface area contributed by atoms with Gasteiger partial charge >= 0.3 is 0 Å². The fourth-order valence-corrected chi connectivity index (χ4v) is 9.55. The van der Waals surface area contributed by atoms with Gasteiger partial charge in [0.1, 0.15) is 22.8 Å². The molecule has 0 spiro atoms. The molecule has 222 valence electrons. The molecule has 2 aliphatic rings. The minimum atomic E-state index is 0.389. The number of rotatable bonds is 3. The van der Waals surface area contributed by atoms with Gasteiger partial charge in [0.2, 0.25) is 0 Å². The maximum absolute atomic E-state index is 6.39. The minimum absolute atomic E-state index is 0.389. The molecule has 8 aromatic rings. The molecule has 0 atom stereocenters. The molecule has 0 unspecified atom stereocenters. The van der Waals surface area contributed by atoms with Gasteiger partial charge in [-0.3, -0.25) is 0 Å². The number of benzene rings is 6. The van der Waals surface area contributed by atoms with Crippen LogP contribution in [0.25, 0.3) is 53.7 Å². The number of thiophene rings is 1. The molecule has 46 heavy (non-hydrogen) atoms. The largest absolute Gasteiger partial charge is 0.472 e. The van der Waals surface area contributed by atoms with E-state index in [0.717, 1.165) is 76.3 Å². The zero-order chi connectivity index (χ0) is 30.5. The highest BCUT2D eigenvalue weighted by molar-refractivity contribution is 9.11. The molecular weight excluding hydrogens is 724 g/mol. The Hall–Kier alpha value is -4.50. The second kappa shape index (κ2) is 10.00. The van der Waals surface area contributed by atoms with Gasteiger partial charge in [-0.1, -0.05) is 60.7 Å². The number of halogens is 2. The SMILES string of the molecule is Brc1oc2ccccc2c1N1COc2cccc3c(-c4ccc5sc(Br)c(N6COc7cccc8cccc6c78)c5c4)ccc1c23. The molecule has 0 N–H and O–H groups in total. The van der Waals surface area contributed by atoms with E-state index in [1.165, 1.54) is 15.5 Å². The Kier molecular flexibility index (Phi) is 5.80. The molecule has 6 aromatic carbocycles. The van der Waals surface area contributed by atoms with Crippen LogP contribution in [0.5, 0.6) is 11.5 Å². The molecule has 5 nitrogen and oxygen atoms in total. The van der Waals surface area contributed by atoms with E-state index in [4.69, 9.17) is 13.9 Å². The first-order valence-corrected chi connectivity index (χ1v) is 17.3. The van der Waals surface area contributed by atoms with Gasteiger partial charge in [0.25, 0.3) is 0 Å². The maximum Gasteiger partial charge on any atom is 0.194 e. The van der Waals surface area contributed by atoms with Crippen LogP contribution in [0.2, 0.25) is 0 Å². The number of ether oxygens (including phenoxy) is 2. The topological polar surface area (TPSA) is 38.1 Å². The highest BCUT2D eigenvalue weighted by Gasteiger charge is 2.29. The third-order valence-electron chi connectivity index (χ3n) is 9.10. The van der Waals surface area contributed by atoms with Crippen LogP contribution in [0.15, 0.2) is 122 Å². The van der Waals surface area contributed by atoms with Crippen LogP contribution in [-0.4, -0.2) is 13.5 Å². The Bertz CT molecular complexity index is 2550. The highest BCUT2D eigenvalue weighted by Crippen LogP contribution is 2.52. The van der Waals surface area contributed by atoms with Crippen LogP contribution in [-0.2, 0) is 0 Å². The summed E-state index contributed by atoms with van der Waals surface area (Å²) in [6.45, 7) is 0.830. The van der Waals surface area contributed by atoms with Crippen LogP contribution in [0.4, 0.5) is 22.7 Å². The zero-order valence-electron chi connectivity index (χ0n) is 24.1. The molecule has 8 heteroatoms. The Balaban J connectivity index is 1.14. The molecule has 0 bridgehead atoms. The zero-order valence-corrected chi connectivity index (χ0v) is 28.1. The summed E-state index contributed by atoms with van der Waals surface area (Å²) in [7, 11) is 0. The first kappa shape index (κ1) is 26.7. The standard InChI is InChI=1S/C38H22Br2N2O3S/c39-37-35(25-8-1-2-11-29(25)45-37)41-19-44-31-13-5-9-24-23(15-16-28(41)34(24)31)22-14-17-32-26(18-22)36(38(40)46-32)42-20-43-30-12-4-7-21-6-3-10-27(42)33(21)30/h1-18H,19-20H2. The third-order valence-corrected chi connectivity index (χ3v) is 11.5. The molecule has 0 radical (unpaired) electrons. The quantitative estimate of drug-likeness (QED) is 0.180. The number of nitrogens with zero attached hydrogens (tertiary/aromatic N) is 2. The van der Waals surface area contributed by atoms with E-state index < -0.39 is 0 Å². The first-order chi connectivity index (χ1) is 22.6. The summed E-state index contributed by atoms with van der Waals surface area (Å²) in [4.78, 5) is 4.49. The van der Waals surface area contributed by atoms with Crippen molar-refractivity contribution >= 4 is 109 Å². The molecule has 2 aliphatic heterocycles. The predicted octanol–water partition coefficient (Wildman–Crippen LogP) is 12.1. The van der Waals surface area contributed by atoms with E-state index in [-0.39, 0.29) is 0 Å². The summed E-state index contributed by atoms with van der Waals surface area (Å²) in [6.07, 6.45) is 0. The van der Waals surface area contributed by atoms with Crippen molar-refractivity contribution in [2.45, 2.75) is 0 Å². The van der Waals surface area contributed by atoms with Crippen molar-refractivity contribution in [2.24, 2.45) is 0 Å². The lowest BCUT2D eigenvalue weighted by Gasteiger charge is -2.32. The summed E-state index contributed by atoms with van der Waals surface area (Å²) < 4.78 is 21.8. The van der Waals surface area contributed by atoms with Crippen LogP contribution in [0, 0.1) is 0 Å². The lowest BCUT2D eigenvalue weighted by Crippen LogP contribution is -2.26. The molecule has 0 fully saturated rings. The third kappa shape index (κ3) is 3.78. The Morgan fingerprint density at radius 2 is 1.33 bits per heavy atom. The van der Waals surface area contributed by atoms with Gasteiger partial charge in [0.15, 0.2) is 18.1 Å². The molecule has 0 saturated heterocycles. The van der Waals surface area contributed by atoms with E-state index in [2.05, 4.69) is 133 Å². The normalized spacial score (nSPS) is 14.0. The number of hydrogen-bond acceptors (Lipinski definition) is 6. The van der Waals surface area contributed by atoms with Crippen LogP contribution in [0.1, 0.15) is 0 Å². The average Bonchev–Trinajstić information content (AvgIpc) is 3.60. The van der Waals surface area contributed by atoms with Gasteiger partial charge in [-0.05, 0) is 102 Å². The number of anilines is 4. The number of fused-ring (bicyclic) bond motifs is 2. The number of para-hydroxylation sites is 1. The smallest absolute Gasteiger partial charge is 0.194 e. The Morgan fingerprint density at radius 3 is 2.20 bits per heavy atom. The second-order valence-corrected chi connectivity index (χ2v) is 14.6. The Labute approximate surface area is 284 Å². The summed E-state index contributed by atoms with van der Waals surface area (Å²) >= 11 is 9.36. The molecule has 10 rings (SSSR count). The van der Waals surface area contributed by atoms with Gasteiger partial charge in [0, 0.05) is 26.2 Å². The molecule has 0 saturated carbocycles. The predicted molar refractivity (Wildman–Crippen MR) is 196 cm³/mol. The summed E-state index contributed by atoms with van der Waals surface area (Å²) in [5.74, 6) is 1.81. The van der Waals surface area contributed by atoms with Gasteiger partial charge in [-0.15, -0.1) is 11.3 Å². The van der Waals surface area contributed by atoms with E-state index in [0.29, 0.717) is 18.1 Å². The van der Waals surface area contributed by atoms with Crippen molar-refractivity contribution in [1.82, 2.24) is 0 Å². The molecule has 0 aliphatic carbocycles. The van der Waals surface area contributed by atoms with Crippen molar-refractivity contribution in [1.29, 1.82) is 0 Å². The molecular formula is C38H22Br2N2O3S. The van der Waals surface area contributed by atoms with Crippen molar-refractivity contribution < 1.29 is 13.9 Å². The minimum Gasteiger partial charge on any atom is -0.472 e. The van der Waals surface area contributed by atoms with E-state index in [1.807, 2.05) is 18.2 Å². The first-order valence-electron chi connectivity index (χ1n) is 14.9. The van der Waals surface area contributed by atoms with Gasteiger partial charge < -0.3 is 23.7 Å². The van der Waals surface area contributed by atoms with Gasteiger partial charge in [-0.25, -0.2) is 0 Å². The fourth-order valence-electron chi connectivity index (χ4n) is 7.09.